The fourth-order valence-corrected chi connectivity index (χ4v) is 3.14. The van der Waals surface area contributed by atoms with Crippen molar-refractivity contribution in [3.63, 3.8) is 0 Å². The van der Waals surface area contributed by atoms with Gasteiger partial charge in [0, 0.05) is 18.1 Å². The van der Waals surface area contributed by atoms with Crippen LogP contribution in [-0.4, -0.2) is 29.1 Å². The van der Waals surface area contributed by atoms with Gasteiger partial charge in [-0.05, 0) is 43.1 Å². The summed E-state index contributed by atoms with van der Waals surface area (Å²) in [5.41, 5.74) is 0.0542. The van der Waals surface area contributed by atoms with Crippen LogP contribution < -0.4 is 0 Å². The van der Waals surface area contributed by atoms with Gasteiger partial charge in [-0.1, -0.05) is 24.9 Å². The highest BCUT2D eigenvalue weighted by molar-refractivity contribution is 6.31. The number of hydrogen-bond acceptors (Lipinski definition) is 2. The van der Waals surface area contributed by atoms with Crippen LogP contribution in [0.2, 0.25) is 5.02 Å². The summed E-state index contributed by atoms with van der Waals surface area (Å²) in [7, 11) is 0. The first-order chi connectivity index (χ1) is 9.47. The van der Waals surface area contributed by atoms with E-state index in [1.165, 1.54) is 12.1 Å². The van der Waals surface area contributed by atoms with Crippen molar-refractivity contribution in [3.05, 3.63) is 34.6 Å². The molecule has 1 saturated heterocycles. The van der Waals surface area contributed by atoms with Crippen LogP contribution >= 0.6 is 11.6 Å². The zero-order valence-corrected chi connectivity index (χ0v) is 12.3. The highest BCUT2D eigenvalue weighted by atomic mass is 35.5. The van der Waals surface area contributed by atoms with E-state index >= 15 is 0 Å². The standard InChI is InChI=1S/C15H19ClFNO2/c1-2-5-15(14(19)20)6-7-18(10-15)9-11-8-12(17)3-4-13(11)16/h3-4,8H,2,5-7,9-10H2,1H3,(H,19,20). The molecule has 2 rings (SSSR count). The molecule has 0 saturated carbocycles. The van der Waals surface area contributed by atoms with Gasteiger partial charge in [0.2, 0.25) is 0 Å². The quantitative estimate of drug-likeness (QED) is 0.904. The average Bonchev–Trinajstić information content (AvgIpc) is 2.79. The molecule has 1 heterocycles. The molecular weight excluding hydrogens is 281 g/mol. The number of likely N-dealkylation sites (tertiary alicyclic amines) is 1. The molecule has 0 aliphatic carbocycles. The molecule has 0 aromatic heterocycles. The predicted octanol–water partition coefficient (Wildman–Crippen LogP) is 3.56. The van der Waals surface area contributed by atoms with Crippen molar-refractivity contribution in [2.45, 2.75) is 32.7 Å². The van der Waals surface area contributed by atoms with E-state index in [9.17, 15) is 14.3 Å². The molecule has 1 atom stereocenters. The number of aliphatic carboxylic acids is 1. The average molecular weight is 300 g/mol. The number of carbonyl (C=O) groups is 1. The molecule has 110 valence electrons. The number of nitrogens with zero attached hydrogens (tertiary/aromatic N) is 1. The van der Waals surface area contributed by atoms with Crippen LogP contribution in [0.5, 0.6) is 0 Å². The third kappa shape index (κ3) is 3.13. The second kappa shape index (κ2) is 6.10. The minimum Gasteiger partial charge on any atom is -0.481 e. The van der Waals surface area contributed by atoms with Gasteiger partial charge < -0.3 is 5.11 Å². The van der Waals surface area contributed by atoms with Crippen LogP contribution in [0.25, 0.3) is 0 Å². The highest BCUT2D eigenvalue weighted by Gasteiger charge is 2.43. The van der Waals surface area contributed by atoms with Crippen molar-refractivity contribution >= 4 is 17.6 Å². The van der Waals surface area contributed by atoms with E-state index < -0.39 is 11.4 Å². The zero-order valence-electron chi connectivity index (χ0n) is 11.5. The monoisotopic (exact) mass is 299 g/mol. The molecule has 0 radical (unpaired) electrons. The van der Waals surface area contributed by atoms with Crippen LogP contribution in [0.3, 0.4) is 0 Å². The van der Waals surface area contributed by atoms with Crippen LogP contribution in [0, 0.1) is 11.2 Å². The van der Waals surface area contributed by atoms with Gasteiger partial charge in [-0.25, -0.2) is 4.39 Å². The second-order valence-electron chi connectivity index (χ2n) is 5.53. The molecule has 1 N–H and O–H groups in total. The zero-order chi connectivity index (χ0) is 14.8. The van der Waals surface area contributed by atoms with Crippen molar-refractivity contribution < 1.29 is 14.3 Å². The molecule has 1 fully saturated rings. The van der Waals surface area contributed by atoms with Gasteiger partial charge in [-0.3, -0.25) is 9.69 Å². The number of benzene rings is 1. The Hall–Kier alpha value is -1.13. The predicted molar refractivity (Wildman–Crippen MR) is 76.3 cm³/mol. The van der Waals surface area contributed by atoms with Gasteiger partial charge in [0.25, 0.3) is 0 Å². The van der Waals surface area contributed by atoms with Crippen LogP contribution in [0.15, 0.2) is 18.2 Å². The van der Waals surface area contributed by atoms with Crippen LogP contribution in [-0.2, 0) is 11.3 Å². The van der Waals surface area contributed by atoms with Gasteiger partial charge >= 0.3 is 5.97 Å². The Labute approximate surface area is 123 Å². The lowest BCUT2D eigenvalue weighted by atomic mass is 9.83. The van der Waals surface area contributed by atoms with Crippen molar-refractivity contribution in [2.75, 3.05) is 13.1 Å². The van der Waals surface area contributed by atoms with E-state index in [2.05, 4.69) is 0 Å². The lowest BCUT2D eigenvalue weighted by Crippen LogP contribution is -2.34. The Morgan fingerprint density at radius 2 is 2.30 bits per heavy atom. The van der Waals surface area contributed by atoms with Crippen LogP contribution in [0.4, 0.5) is 4.39 Å². The molecule has 1 aliphatic heterocycles. The minimum absolute atomic E-state index is 0.318. The third-order valence-corrected chi connectivity index (χ3v) is 4.39. The number of carboxylic acids is 1. The summed E-state index contributed by atoms with van der Waals surface area (Å²) in [6.07, 6.45) is 2.17. The molecule has 1 aromatic rings. The van der Waals surface area contributed by atoms with Crippen molar-refractivity contribution in [3.8, 4) is 0 Å². The van der Waals surface area contributed by atoms with E-state index in [4.69, 9.17) is 11.6 Å². The van der Waals surface area contributed by atoms with E-state index in [1.54, 1.807) is 6.07 Å². The van der Waals surface area contributed by atoms with E-state index in [1.807, 2.05) is 11.8 Å². The van der Waals surface area contributed by atoms with Gasteiger partial charge in [0.05, 0.1) is 5.41 Å². The van der Waals surface area contributed by atoms with Crippen molar-refractivity contribution in [2.24, 2.45) is 5.41 Å². The third-order valence-electron chi connectivity index (χ3n) is 4.02. The van der Waals surface area contributed by atoms with Crippen molar-refractivity contribution in [1.29, 1.82) is 0 Å². The number of halogens is 2. The summed E-state index contributed by atoms with van der Waals surface area (Å²) in [4.78, 5) is 13.6. The highest BCUT2D eigenvalue weighted by Crippen LogP contribution is 2.36. The molecule has 3 nitrogen and oxygen atoms in total. The molecule has 20 heavy (non-hydrogen) atoms. The topological polar surface area (TPSA) is 40.5 Å². The largest absolute Gasteiger partial charge is 0.481 e. The maximum Gasteiger partial charge on any atom is 0.310 e. The lowest BCUT2D eigenvalue weighted by Gasteiger charge is -2.24. The number of carboxylic acid groups (broad SMARTS) is 1. The summed E-state index contributed by atoms with van der Waals surface area (Å²) in [6.45, 7) is 3.70. The van der Waals surface area contributed by atoms with Gasteiger partial charge in [-0.2, -0.15) is 0 Å². The van der Waals surface area contributed by atoms with Gasteiger partial charge in [-0.15, -0.1) is 0 Å². The Morgan fingerprint density at radius 1 is 1.55 bits per heavy atom. The molecule has 1 aliphatic rings. The lowest BCUT2D eigenvalue weighted by molar-refractivity contribution is -0.148. The SMILES string of the molecule is CCCC1(C(=O)O)CCN(Cc2cc(F)ccc2Cl)C1. The molecule has 1 aromatic carbocycles. The summed E-state index contributed by atoms with van der Waals surface area (Å²) in [6, 6.07) is 4.29. The van der Waals surface area contributed by atoms with E-state index in [-0.39, 0.29) is 5.82 Å². The fraction of sp³-hybridized carbons (Fsp3) is 0.533. The molecule has 1 unspecified atom stereocenters. The molecule has 0 amide bonds. The first-order valence-corrected chi connectivity index (χ1v) is 7.24. The first kappa shape index (κ1) is 15.3. The number of rotatable bonds is 5. The maximum absolute atomic E-state index is 13.3. The molecule has 0 bridgehead atoms. The van der Waals surface area contributed by atoms with E-state index in [0.29, 0.717) is 43.1 Å². The van der Waals surface area contributed by atoms with Gasteiger partial charge in [0.1, 0.15) is 5.82 Å². The Kier molecular flexibility index (Phi) is 4.66. The summed E-state index contributed by atoms with van der Waals surface area (Å²) < 4.78 is 13.3. The van der Waals surface area contributed by atoms with Gasteiger partial charge in [0.15, 0.2) is 0 Å². The smallest absolute Gasteiger partial charge is 0.310 e. The Morgan fingerprint density at radius 3 is 2.95 bits per heavy atom. The summed E-state index contributed by atoms with van der Waals surface area (Å²) in [5, 5.41) is 9.99. The first-order valence-electron chi connectivity index (χ1n) is 6.86. The van der Waals surface area contributed by atoms with Crippen LogP contribution in [0.1, 0.15) is 31.7 Å². The normalized spacial score (nSPS) is 23.1. The molecule has 0 spiro atoms. The fourth-order valence-electron chi connectivity index (χ4n) is 2.96. The Balaban J connectivity index is 2.09. The molecular formula is C15H19ClFNO2. The second-order valence-corrected chi connectivity index (χ2v) is 5.94. The summed E-state index contributed by atoms with van der Waals surface area (Å²) >= 11 is 6.06. The number of hydrogen-bond donors (Lipinski definition) is 1. The van der Waals surface area contributed by atoms with Crippen molar-refractivity contribution in [1.82, 2.24) is 4.90 Å². The Bertz CT molecular complexity index is 509. The summed E-state index contributed by atoms with van der Waals surface area (Å²) in [5.74, 6) is -1.05. The minimum atomic E-state index is -0.729. The maximum atomic E-state index is 13.3. The van der Waals surface area contributed by atoms with E-state index in [0.717, 1.165) is 6.42 Å². The molecule has 5 heteroatoms.